The second-order valence-corrected chi connectivity index (χ2v) is 7.17. The molecule has 0 radical (unpaired) electrons. The van der Waals surface area contributed by atoms with Crippen LogP contribution in [0, 0.1) is 20.8 Å². The summed E-state index contributed by atoms with van der Waals surface area (Å²) in [6.45, 7) is 5.54. The first-order valence-corrected chi connectivity index (χ1v) is 9.26. The number of nitrogens with zero attached hydrogens (tertiary/aromatic N) is 3. The molecule has 9 heteroatoms. The van der Waals surface area contributed by atoms with Crippen LogP contribution in [-0.4, -0.2) is 26.8 Å². The van der Waals surface area contributed by atoms with Gasteiger partial charge in [0.1, 0.15) is 6.54 Å². The van der Waals surface area contributed by atoms with Gasteiger partial charge in [0.05, 0.1) is 0 Å². The van der Waals surface area contributed by atoms with Crippen LogP contribution in [0.4, 0.5) is 17.2 Å². The molecule has 0 unspecified atom stereocenters. The number of nitrogens with two attached hydrogens (primary N) is 1. The number of rotatable bonds is 5. The number of nitrogen functional groups attached to an aromatic ring is 1. The summed E-state index contributed by atoms with van der Waals surface area (Å²) in [5.41, 5.74) is 10.1. The van der Waals surface area contributed by atoms with E-state index in [4.69, 9.17) is 17.3 Å². The molecule has 0 aliphatic heterocycles. The smallest absolute Gasteiger partial charge is 0.280 e. The number of anilines is 3. The topological polar surface area (TPSA) is 115 Å². The number of aryl methyl sites for hydroxylation is 3. The van der Waals surface area contributed by atoms with E-state index >= 15 is 0 Å². The van der Waals surface area contributed by atoms with Gasteiger partial charge in [0, 0.05) is 16.4 Å². The fourth-order valence-corrected chi connectivity index (χ4v) is 2.92. The molecule has 1 heterocycles. The third kappa shape index (κ3) is 4.72. The molecule has 0 spiro atoms. The molecule has 0 bridgehead atoms. The average Bonchev–Trinajstić information content (AvgIpc) is 3.01. The van der Waals surface area contributed by atoms with Gasteiger partial charge < -0.3 is 16.4 Å². The number of hydrogen-bond acceptors (Lipinski definition) is 5. The first kappa shape index (κ1) is 20.3. The molecule has 3 aromatic rings. The van der Waals surface area contributed by atoms with Crippen molar-refractivity contribution in [2.75, 3.05) is 16.4 Å². The van der Waals surface area contributed by atoms with Gasteiger partial charge in [-0.25, -0.2) is 4.68 Å². The lowest BCUT2D eigenvalue weighted by atomic mass is 10.1. The van der Waals surface area contributed by atoms with Crippen molar-refractivity contribution in [3.05, 3.63) is 63.8 Å². The van der Waals surface area contributed by atoms with Gasteiger partial charge in [-0.1, -0.05) is 40.6 Å². The Kier molecular flexibility index (Phi) is 5.84. The lowest BCUT2D eigenvalue weighted by molar-refractivity contribution is -0.116. The molecule has 0 saturated heterocycles. The van der Waals surface area contributed by atoms with Gasteiger partial charge in [0.15, 0.2) is 11.5 Å². The monoisotopic (exact) mass is 412 g/mol. The van der Waals surface area contributed by atoms with E-state index in [1.165, 1.54) is 4.68 Å². The van der Waals surface area contributed by atoms with Gasteiger partial charge >= 0.3 is 0 Å². The fraction of sp³-hybridized carbons (Fsp3) is 0.200. The van der Waals surface area contributed by atoms with E-state index in [1.54, 1.807) is 18.2 Å². The summed E-state index contributed by atoms with van der Waals surface area (Å²) in [6, 6.07) is 10.9. The second kappa shape index (κ2) is 8.32. The third-order valence-electron chi connectivity index (χ3n) is 4.37. The van der Waals surface area contributed by atoms with Gasteiger partial charge in [-0.15, -0.1) is 5.10 Å². The fourth-order valence-electron chi connectivity index (χ4n) is 2.74. The van der Waals surface area contributed by atoms with Crippen LogP contribution in [0.3, 0.4) is 0 Å². The van der Waals surface area contributed by atoms with Gasteiger partial charge in [0.25, 0.3) is 5.91 Å². The van der Waals surface area contributed by atoms with Crippen molar-refractivity contribution in [3.8, 4) is 0 Å². The molecular weight excluding hydrogens is 392 g/mol. The van der Waals surface area contributed by atoms with E-state index in [0.717, 1.165) is 16.7 Å². The van der Waals surface area contributed by atoms with Crippen molar-refractivity contribution < 1.29 is 9.59 Å². The predicted octanol–water partition coefficient (Wildman–Crippen LogP) is 3.33. The molecule has 3 rings (SSSR count). The van der Waals surface area contributed by atoms with Crippen molar-refractivity contribution in [1.82, 2.24) is 15.0 Å². The summed E-state index contributed by atoms with van der Waals surface area (Å²) in [4.78, 5) is 24.8. The Balaban J connectivity index is 1.68. The summed E-state index contributed by atoms with van der Waals surface area (Å²) in [5, 5.41) is 13.7. The Labute approximate surface area is 173 Å². The third-order valence-corrected chi connectivity index (χ3v) is 4.77. The SMILES string of the molecule is Cc1ccc(NC(=O)c2nnn(CC(=O)Nc3ccc(C)c(Cl)c3)c2N)c(C)c1. The lowest BCUT2D eigenvalue weighted by Crippen LogP contribution is -2.21. The quantitative estimate of drug-likeness (QED) is 0.594. The molecule has 2 amide bonds. The highest BCUT2D eigenvalue weighted by atomic mass is 35.5. The highest BCUT2D eigenvalue weighted by Crippen LogP contribution is 2.20. The molecule has 0 aliphatic rings. The second-order valence-electron chi connectivity index (χ2n) is 6.77. The number of aromatic nitrogens is 3. The normalized spacial score (nSPS) is 10.6. The summed E-state index contributed by atoms with van der Waals surface area (Å²) in [5.74, 6) is -0.862. The van der Waals surface area contributed by atoms with Crippen LogP contribution < -0.4 is 16.4 Å². The molecule has 29 heavy (non-hydrogen) atoms. The Morgan fingerprint density at radius 2 is 1.83 bits per heavy atom. The van der Waals surface area contributed by atoms with E-state index in [1.807, 2.05) is 39.0 Å². The van der Waals surface area contributed by atoms with Gasteiger partial charge in [0.2, 0.25) is 5.91 Å². The van der Waals surface area contributed by atoms with Crippen LogP contribution in [0.15, 0.2) is 36.4 Å². The summed E-state index contributed by atoms with van der Waals surface area (Å²) in [6.07, 6.45) is 0. The first-order chi connectivity index (χ1) is 13.7. The van der Waals surface area contributed by atoms with E-state index < -0.39 is 5.91 Å². The largest absolute Gasteiger partial charge is 0.382 e. The zero-order chi connectivity index (χ0) is 21.1. The minimum atomic E-state index is -0.494. The van der Waals surface area contributed by atoms with Crippen LogP contribution in [-0.2, 0) is 11.3 Å². The molecule has 0 saturated carbocycles. The Bertz CT molecular complexity index is 1090. The molecule has 4 N–H and O–H groups in total. The maximum atomic E-state index is 12.5. The number of carbonyl (C=O) groups is 2. The molecule has 2 aromatic carbocycles. The number of nitrogens with one attached hydrogen (secondary N) is 2. The standard InChI is InChI=1S/C20H21ClN6O2/c1-11-4-7-16(13(3)8-11)24-20(29)18-19(22)27(26-25-18)10-17(28)23-14-6-5-12(2)15(21)9-14/h4-9H,10,22H2,1-3H3,(H,23,28)(H,24,29). The van der Waals surface area contributed by atoms with Crippen LogP contribution in [0.1, 0.15) is 27.2 Å². The number of hydrogen-bond donors (Lipinski definition) is 3. The summed E-state index contributed by atoms with van der Waals surface area (Å²) >= 11 is 6.06. The van der Waals surface area contributed by atoms with Crippen molar-refractivity contribution in [2.45, 2.75) is 27.3 Å². The van der Waals surface area contributed by atoms with Crippen molar-refractivity contribution in [2.24, 2.45) is 0 Å². The van der Waals surface area contributed by atoms with E-state index in [-0.39, 0.29) is 24.0 Å². The lowest BCUT2D eigenvalue weighted by Gasteiger charge is -2.09. The maximum Gasteiger partial charge on any atom is 0.280 e. The van der Waals surface area contributed by atoms with Gasteiger partial charge in [-0.05, 0) is 50.1 Å². The van der Waals surface area contributed by atoms with Crippen LogP contribution >= 0.6 is 11.6 Å². The summed E-state index contributed by atoms with van der Waals surface area (Å²) in [7, 11) is 0. The van der Waals surface area contributed by atoms with Crippen LogP contribution in [0.25, 0.3) is 0 Å². The Morgan fingerprint density at radius 3 is 2.52 bits per heavy atom. The molecule has 1 aromatic heterocycles. The zero-order valence-electron chi connectivity index (χ0n) is 16.3. The number of amides is 2. The Morgan fingerprint density at radius 1 is 1.07 bits per heavy atom. The minimum absolute atomic E-state index is 0.00403. The predicted molar refractivity (Wildman–Crippen MR) is 113 cm³/mol. The number of benzene rings is 2. The number of halogens is 1. The van der Waals surface area contributed by atoms with Crippen LogP contribution in [0.2, 0.25) is 5.02 Å². The van der Waals surface area contributed by atoms with E-state index in [0.29, 0.717) is 16.4 Å². The van der Waals surface area contributed by atoms with E-state index in [2.05, 4.69) is 20.9 Å². The maximum absolute atomic E-state index is 12.5. The highest BCUT2D eigenvalue weighted by molar-refractivity contribution is 6.31. The molecule has 0 aliphatic carbocycles. The van der Waals surface area contributed by atoms with Crippen LogP contribution in [0.5, 0.6) is 0 Å². The summed E-state index contributed by atoms with van der Waals surface area (Å²) < 4.78 is 1.17. The van der Waals surface area contributed by atoms with Crippen molar-refractivity contribution in [3.63, 3.8) is 0 Å². The van der Waals surface area contributed by atoms with Crippen molar-refractivity contribution in [1.29, 1.82) is 0 Å². The van der Waals surface area contributed by atoms with Gasteiger partial charge in [-0.2, -0.15) is 0 Å². The Hall–Kier alpha value is -3.39. The highest BCUT2D eigenvalue weighted by Gasteiger charge is 2.19. The molecule has 150 valence electrons. The van der Waals surface area contributed by atoms with E-state index in [9.17, 15) is 9.59 Å². The number of carbonyl (C=O) groups excluding carboxylic acids is 2. The first-order valence-electron chi connectivity index (χ1n) is 8.88. The molecule has 8 nitrogen and oxygen atoms in total. The van der Waals surface area contributed by atoms with Crippen molar-refractivity contribution >= 4 is 40.6 Å². The average molecular weight is 413 g/mol. The molecule has 0 fully saturated rings. The van der Waals surface area contributed by atoms with Gasteiger partial charge in [-0.3, -0.25) is 9.59 Å². The zero-order valence-corrected chi connectivity index (χ0v) is 17.0. The minimum Gasteiger partial charge on any atom is -0.382 e. The molecule has 0 atom stereocenters. The molecular formula is C20H21ClN6O2.